The monoisotopic (exact) mass is 411 g/mol. The zero-order valence-electron chi connectivity index (χ0n) is 18.9. The molecule has 1 rings (SSSR count). The molecule has 166 valence electrons. The first kappa shape index (κ1) is 24.9. The van der Waals surface area contributed by atoms with Gasteiger partial charge in [0, 0.05) is 20.1 Å². The molecule has 9 heteroatoms. The Hall–Kier alpha value is -2.16. The molecule has 0 aromatic rings. The maximum Gasteiger partial charge on any atom is 0.245 e. The van der Waals surface area contributed by atoms with E-state index in [9.17, 15) is 19.2 Å². The molecule has 1 unspecified atom stereocenters. The molecule has 9 nitrogen and oxygen atoms in total. The number of likely N-dealkylation sites (tertiary alicyclic amines) is 1. The van der Waals surface area contributed by atoms with Crippen LogP contribution in [0, 0.1) is 5.92 Å². The molecule has 0 aliphatic carbocycles. The number of nitrogens with zero attached hydrogens (tertiary/aromatic N) is 2. The Bertz CT molecular complexity index is 624. The highest BCUT2D eigenvalue weighted by Crippen LogP contribution is 2.22. The summed E-state index contributed by atoms with van der Waals surface area (Å²) in [7, 11) is 4.83. The van der Waals surface area contributed by atoms with Crippen LogP contribution >= 0.6 is 0 Å². The molecule has 1 aliphatic heterocycles. The molecule has 29 heavy (non-hydrogen) atoms. The lowest BCUT2D eigenvalue weighted by molar-refractivity contribution is -0.143. The van der Waals surface area contributed by atoms with Gasteiger partial charge in [0.2, 0.25) is 23.6 Å². The molecule has 3 N–H and O–H groups in total. The largest absolute Gasteiger partial charge is 0.357 e. The average Bonchev–Trinajstić information content (AvgIpc) is 2.96. The van der Waals surface area contributed by atoms with E-state index in [0.29, 0.717) is 12.8 Å². The van der Waals surface area contributed by atoms with Crippen LogP contribution in [0.25, 0.3) is 0 Å². The van der Waals surface area contributed by atoms with Gasteiger partial charge < -0.3 is 25.8 Å². The number of rotatable bonds is 9. The van der Waals surface area contributed by atoms with Crippen molar-refractivity contribution in [2.45, 2.75) is 77.7 Å². The van der Waals surface area contributed by atoms with Crippen molar-refractivity contribution < 1.29 is 19.2 Å². The van der Waals surface area contributed by atoms with Gasteiger partial charge in [-0.2, -0.15) is 0 Å². The van der Waals surface area contributed by atoms with Gasteiger partial charge in [-0.05, 0) is 46.6 Å². The first-order chi connectivity index (χ1) is 13.5. The van der Waals surface area contributed by atoms with E-state index in [0.717, 1.165) is 0 Å². The van der Waals surface area contributed by atoms with E-state index in [1.807, 2.05) is 20.8 Å². The number of nitrogens with one attached hydrogen (secondary N) is 3. The first-order valence-electron chi connectivity index (χ1n) is 10.2. The molecule has 5 atom stereocenters. The molecule has 0 spiro atoms. The fourth-order valence-corrected chi connectivity index (χ4v) is 3.80. The highest BCUT2D eigenvalue weighted by atomic mass is 16.2. The lowest BCUT2D eigenvalue weighted by Crippen LogP contribution is -2.56. The van der Waals surface area contributed by atoms with Crippen molar-refractivity contribution in [2.24, 2.45) is 5.92 Å². The lowest BCUT2D eigenvalue weighted by atomic mass is 10.0. The molecule has 0 radical (unpaired) electrons. The summed E-state index contributed by atoms with van der Waals surface area (Å²) < 4.78 is 0. The summed E-state index contributed by atoms with van der Waals surface area (Å²) in [5.41, 5.74) is 0. The van der Waals surface area contributed by atoms with Gasteiger partial charge in [0.25, 0.3) is 0 Å². The quantitative estimate of drug-likeness (QED) is 0.483. The second-order valence-electron chi connectivity index (χ2n) is 8.29. The van der Waals surface area contributed by atoms with E-state index in [4.69, 9.17) is 0 Å². The zero-order valence-corrected chi connectivity index (χ0v) is 18.9. The Kier molecular flexibility index (Phi) is 9.07. The SMILES string of the molecule is CNC(=O)[C@H](CC(C)C)N(C)C(=O)[C@H](C)NC(=O)[C@@H](C)N1C(=O)[C@@H](NC)CC1C. The Labute approximate surface area is 173 Å². The van der Waals surface area contributed by atoms with Crippen LogP contribution in [-0.2, 0) is 19.2 Å². The summed E-state index contributed by atoms with van der Waals surface area (Å²) in [5, 5.41) is 8.25. The van der Waals surface area contributed by atoms with Crippen LogP contribution in [0.15, 0.2) is 0 Å². The van der Waals surface area contributed by atoms with Crippen molar-refractivity contribution in [1.82, 2.24) is 25.8 Å². The van der Waals surface area contributed by atoms with Gasteiger partial charge >= 0.3 is 0 Å². The minimum absolute atomic E-state index is 0.0712. The smallest absolute Gasteiger partial charge is 0.245 e. The number of carbonyl (C=O) groups excluding carboxylic acids is 4. The third-order valence-electron chi connectivity index (χ3n) is 5.54. The average molecular weight is 412 g/mol. The van der Waals surface area contributed by atoms with Gasteiger partial charge in [0.15, 0.2) is 0 Å². The number of hydrogen-bond donors (Lipinski definition) is 3. The van der Waals surface area contributed by atoms with Crippen molar-refractivity contribution in [3.63, 3.8) is 0 Å². The molecule has 1 saturated heterocycles. The van der Waals surface area contributed by atoms with E-state index in [1.54, 1.807) is 32.8 Å². The molecule has 1 aliphatic rings. The highest BCUT2D eigenvalue weighted by Gasteiger charge is 2.41. The molecular formula is C20H37N5O4. The summed E-state index contributed by atoms with van der Waals surface area (Å²) in [5.74, 6) is -0.878. The van der Waals surface area contributed by atoms with Crippen LogP contribution in [-0.4, -0.2) is 84.8 Å². The van der Waals surface area contributed by atoms with Crippen LogP contribution < -0.4 is 16.0 Å². The molecular weight excluding hydrogens is 374 g/mol. The minimum atomic E-state index is -0.817. The molecule has 0 saturated carbocycles. The summed E-state index contributed by atoms with van der Waals surface area (Å²) in [6.45, 7) is 9.11. The highest BCUT2D eigenvalue weighted by molar-refractivity contribution is 5.95. The normalized spacial score (nSPS) is 22.2. The number of carbonyl (C=O) groups is 4. The van der Waals surface area contributed by atoms with Crippen LogP contribution in [0.2, 0.25) is 0 Å². The molecule has 0 bridgehead atoms. The second kappa shape index (κ2) is 10.6. The Balaban J connectivity index is 2.81. The summed E-state index contributed by atoms with van der Waals surface area (Å²) in [6.07, 6.45) is 1.15. The lowest BCUT2D eigenvalue weighted by Gasteiger charge is -2.32. The van der Waals surface area contributed by atoms with Crippen molar-refractivity contribution in [3.05, 3.63) is 0 Å². The van der Waals surface area contributed by atoms with Crippen LogP contribution in [0.3, 0.4) is 0 Å². The fourth-order valence-electron chi connectivity index (χ4n) is 3.80. The van der Waals surface area contributed by atoms with E-state index < -0.39 is 24.0 Å². The molecule has 1 fully saturated rings. The van der Waals surface area contributed by atoms with E-state index in [2.05, 4.69) is 16.0 Å². The topological polar surface area (TPSA) is 111 Å². The molecule has 0 aromatic carbocycles. The Morgan fingerprint density at radius 3 is 2.17 bits per heavy atom. The van der Waals surface area contributed by atoms with Gasteiger partial charge in [0.1, 0.15) is 18.1 Å². The van der Waals surface area contributed by atoms with Gasteiger partial charge in [-0.1, -0.05) is 13.8 Å². The maximum absolute atomic E-state index is 12.8. The van der Waals surface area contributed by atoms with Crippen LogP contribution in [0.5, 0.6) is 0 Å². The maximum atomic E-state index is 12.8. The molecule has 0 aromatic heterocycles. The van der Waals surface area contributed by atoms with Crippen LogP contribution in [0.1, 0.15) is 47.5 Å². The summed E-state index contributed by atoms with van der Waals surface area (Å²) in [6, 6.07) is -2.49. The summed E-state index contributed by atoms with van der Waals surface area (Å²) in [4.78, 5) is 53.2. The number of amides is 4. The van der Waals surface area contributed by atoms with Crippen LogP contribution in [0.4, 0.5) is 0 Å². The zero-order chi connectivity index (χ0) is 22.5. The predicted molar refractivity (Wildman–Crippen MR) is 111 cm³/mol. The first-order valence-corrected chi connectivity index (χ1v) is 10.2. The van der Waals surface area contributed by atoms with Gasteiger partial charge in [-0.3, -0.25) is 19.2 Å². The van der Waals surface area contributed by atoms with Crippen molar-refractivity contribution in [2.75, 3.05) is 21.1 Å². The van der Waals surface area contributed by atoms with Gasteiger partial charge in [-0.15, -0.1) is 0 Å². The second-order valence-corrected chi connectivity index (χ2v) is 8.29. The van der Waals surface area contributed by atoms with E-state index in [1.165, 1.54) is 11.9 Å². The van der Waals surface area contributed by atoms with Gasteiger partial charge in [-0.25, -0.2) is 0 Å². The fraction of sp³-hybridized carbons (Fsp3) is 0.800. The van der Waals surface area contributed by atoms with Crippen molar-refractivity contribution >= 4 is 23.6 Å². The Morgan fingerprint density at radius 2 is 1.72 bits per heavy atom. The third-order valence-corrected chi connectivity index (χ3v) is 5.54. The van der Waals surface area contributed by atoms with E-state index >= 15 is 0 Å². The van der Waals surface area contributed by atoms with E-state index in [-0.39, 0.29) is 35.7 Å². The molecule has 1 heterocycles. The van der Waals surface area contributed by atoms with Gasteiger partial charge in [0.05, 0.1) is 6.04 Å². The summed E-state index contributed by atoms with van der Waals surface area (Å²) >= 11 is 0. The standard InChI is InChI=1S/C20H37N5O4/c1-11(2)9-16(18(27)22-7)24(8)19(28)13(4)23-17(26)14(5)25-12(3)10-15(21-6)20(25)29/h11-16,21H,9-10H2,1-8H3,(H,22,27)(H,23,26)/t12?,13-,14+,15-,16-/m0/s1. The minimum Gasteiger partial charge on any atom is -0.357 e. The number of hydrogen-bond acceptors (Lipinski definition) is 5. The van der Waals surface area contributed by atoms with Crippen molar-refractivity contribution in [3.8, 4) is 0 Å². The Morgan fingerprint density at radius 1 is 1.14 bits per heavy atom. The predicted octanol–water partition coefficient (Wildman–Crippen LogP) is -0.292. The van der Waals surface area contributed by atoms with Crippen molar-refractivity contribution in [1.29, 1.82) is 0 Å². The molecule has 4 amide bonds. The number of likely N-dealkylation sites (N-methyl/N-ethyl adjacent to an activating group) is 3. The third kappa shape index (κ3) is 5.91.